The van der Waals surface area contributed by atoms with Gasteiger partial charge in [0.25, 0.3) is 0 Å². The molecule has 1 fully saturated rings. The van der Waals surface area contributed by atoms with Crippen LogP contribution in [0.3, 0.4) is 0 Å². The predicted molar refractivity (Wildman–Crippen MR) is 115 cm³/mol. The molecule has 5 nitrogen and oxygen atoms in total. The molecule has 1 amide bonds. The molecule has 0 radical (unpaired) electrons. The first-order valence-electron chi connectivity index (χ1n) is 10.2. The van der Waals surface area contributed by atoms with Crippen LogP contribution in [0.25, 0.3) is 11.8 Å². The van der Waals surface area contributed by atoms with Crippen LogP contribution in [0.4, 0.5) is 0 Å². The average Bonchev–Trinajstić information content (AvgIpc) is 3.45. The highest BCUT2D eigenvalue weighted by Crippen LogP contribution is 2.09. The first-order chi connectivity index (χ1) is 14.3. The summed E-state index contributed by atoms with van der Waals surface area (Å²) < 4.78 is 1.79. The zero-order valence-electron chi connectivity index (χ0n) is 16.6. The molecule has 2 N–H and O–H groups in total. The fourth-order valence-corrected chi connectivity index (χ4v) is 3.68. The van der Waals surface area contributed by atoms with Gasteiger partial charge in [0, 0.05) is 42.8 Å². The van der Waals surface area contributed by atoms with E-state index in [0.717, 1.165) is 23.4 Å². The Balaban J connectivity index is 1.26. The standard InChI is InChI=1S/C24H26N4O/c29-24(13-12-22-17-26-28(19-22)23-6-2-1-3-7-23)25-16-20-8-10-21(11-9-20)18-27-14-4-5-15-27/h1-3,6-13,17,19H,4-5,14-16,18H2,(H,25,29)/p+1/b13-12+. The van der Waals surface area contributed by atoms with Crippen molar-refractivity contribution in [3.8, 4) is 5.69 Å². The predicted octanol–water partition coefficient (Wildman–Crippen LogP) is 2.38. The fraction of sp³-hybridized carbons (Fsp3) is 0.250. The van der Waals surface area contributed by atoms with Crippen molar-refractivity contribution in [3.05, 3.63) is 89.8 Å². The number of nitrogens with one attached hydrogen (secondary N) is 2. The van der Waals surface area contributed by atoms with Crippen molar-refractivity contribution >= 4 is 12.0 Å². The minimum absolute atomic E-state index is 0.108. The largest absolute Gasteiger partial charge is 0.348 e. The summed E-state index contributed by atoms with van der Waals surface area (Å²) >= 11 is 0. The molecule has 29 heavy (non-hydrogen) atoms. The number of para-hydroxylation sites is 1. The van der Waals surface area contributed by atoms with Crippen molar-refractivity contribution in [1.82, 2.24) is 15.1 Å². The van der Waals surface area contributed by atoms with Gasteiger partial charge in [-0.25, -0.2) is 4.68 Å². The Morgan fingerprint density at radius 2 is 1.76 bits per heavy atom. The third kappa shape index (κ3) is 5.42. The SMILES string of the molecule is O=C(/C=C/c1cnn(-c2ccccc2)c1)NCc1ccc(C[NH+]2CCCC2)cc1. The molecule has 0 aliphatic carbocycles. The zero-order valence-corrected chi connectivity index (χ0v) is 16.6. The molecular formula is C24H27N4O+. The number of quaternary nitrogens is 1. The van der Waals surface area contributed by atoms with Gasteiger partial charge >= 0.3 is 0 Å². The normalized spacial score (nSPS) is 14.5. The maximum absolute atomic E-state index is 12.1. The van der Waals surface area contributed by atoms with Gasteiger partial charge in [0.15, 0.2) is 0 Å². The van der Waals surface area contributed by atoms with Gasteiger partial charge in [0.2, 0.25) is 5.91 Å². The van der Waals surface area contributed by atoms with Crippen LogP contribution in [-0.2, 0) is 17.9 Å². The van der Waals surface area contributed by atoms with Gasteiger partial charge in [0.1, 0.15) is 6.54 Å². The van der Waals surface area contributed by atoms with E-state index < -0.39 is 0 Å². The van der Waals surface area contributed by atoms with Crippen molar-refractivity contribution in [1.29, 1.82) is 0 Å². The molecule has 148 valence electrons. The molecule has 3 aromatic rings. The average molecular weight is 388 g/mol. The molecule has 1 aromatic heterocycles. The third-order valence-corrected chi connectivity index (χ3v) is 5.30. The van der Waals surface area contributed by atoms with Crippen LogP contribution in [0.2, 0.25) is 0 Å². The Bertz CT molecular complexity index is 954. The summed E-state index contributed by atoms with van der Waals surface area (Å²) in [7, 11) is 0. The van der Waals surface area contributed by atoms with E-state index >= 15 is 0 Å². The number of hydrogen-bond donors (Lipinski definition) is 2. The van der Waals surface area contributed by atoms with Crippen LogP contribution in [-0.4, -0.2) is 28.8 Å². The molecule has 1 aliphatic heterocycles. The Kier molecular flexibility index (Phi) is 6.17. The molecule has 0 bridgehead atoms. The van der Waals surface area contributed by atoms with Crippen LogP contribution in [0.15, 0.2) is 73.1 Å². The van der Waals surface area contributed by atoms with Gasteiger partial charge in [-0.1, -0.05) is 42.5 Å². The number of carbonyl (C=O) groups is 1. The maximum Gasteiger partial charge on any atom is 0.244 e. The van der Waals surface area contributed by atoms with Gasteiger partial charge in [0.05, 0.1) is 25.0 Å². The molecule has 0 unspecified atom stereocenters. The second kappa shape index (κ2) is 9.34. The number of hydrogen-bond acceptors (Lipinski definition) is 2. The summed E-state index contributed by atoms with van der Waals surface area (Å²) in [5.74, 6) is -0.108. The van der Waals surface area contributed by atoms with Crippen molar-refractivity contribution in [2.45, 2.75) is 25.9 Å². The molecule has 1 saturated heterocycles. The number of likely N-dealkylation sites (tertiary alicyclic amines) is 1. The first-order valence-corrected chi connectivity index (χ1v) is 10.2. The van der Waals surface area contributed by atoms with E-state index in [1.807, 2.05) is 36.5 Å². The molecule has 4 rings (SSSR count). The number of carbonyl (C=O) groups excluding carboxylic acids is 1. The van der Waals surface area contributed by atoms with Gasteiger partial charge in [-0.2, -0.15) is 5.10 Å². The van der Waals surface area contributed by atoms with E-state index in [9.17, 15) is 4.79 Å². The number of benzene rings is 2. The number of rotatable bonds is 7. The summed E-state index contributed by atoms with van der Waals surface area (Å²) in [6, 6.07) is 18.5. The van der Waals surface area contributed by atoms with Crippen molar-refractivity contribution < 1.29 is 9.69 Å². The molecule has 5 heteroatoms. The highest BCUT2D eigenvalue weighted by atomic mass is 16.1. The molecule has 0 atom stereocenters. The fourth-order valence-electron chi connectivity index (χ4n) is 3.68. The number of nitrogens with zero attached hydrogens (tertiary/aromatic N) is 2. The lowest BCUT2D eigenvalue weighted by molar-refractivity contribution is -0.901. The minimum atomic E-state index is -0.108. The van der Waals surface area contributed by atoms with E-state index in [1.54, 1.807) is 27.9 Å². The molecule has 2 heterocycles. The summed E-state index contributed by atoms with van der Waals surface area (Å²) in [6.07, 6.45) is 9.68. The van der Waals surface area contributed by atoms with Crippen molar-refractivity contribution in [2.75, 3.05) is 13.1 Å². The molecule has 1 aliphatic rings. The Labute approximate surface area is 171 Å². The van der Waals surface area contributed by atoms with Crippen molar-refractivity contribution in [3.63, 3.8) is 0 Å². The number of aromatic nitrogens is 2. The van der Waals surface area contributed by atoms with Crippen LogP contribution in [0.1, 0.15) is 29.5 Å². The van der Waals surface area contributed by atoms with Crippen molar-refractivity contribution in [2.24, 2.45) is 0 Å². The molecule has 0 saturated carbocycles. The van der Waals surface area contributed by atoms with Crippen LogP contribution < -0.4 is 10.2 Å². The summed E-state index contributed by atoms with van der Waals surface area (Å²) in [5, 5.41) is 7.28. The van der Waals surface area contributed by atoms with Gasteiger partial charge in [-0.3, -0.25) is 4.79 Å². The number of amides is 1. The topological polar surface area (TPSA) is 51.4 Å². The second-order valence-corrected chi connectivity index (χ2v) is 7.56. The Morgan fingerprint density at radius 3 is 2.52 bits per heavy atom. The summed E-state index contributed by atoms with van der Waals surface area (Å²) in [6.45, 7) is 4.21. The van der Waals surface area contributed by atoms with E-state index in [4.69, 9.17) is 0 Å². The van der Waals surface area contributed by atoms with E-state index in [-0.39, 0.29) is 5.91 Å². The Morgan fingerprint density at radius 1 is 1.03 bits per heavy atom. The van der Waals surface area contributed by atoms with Crippen LogP contribution >= 0.6 is 0 Å². The van der Waals surface area contributed by atoms with E-state index in [1.165, 1.54) is 31.5 Å². The smallest absolute Gasteiger partial charge is 0.244 e. The lowest BCUT2D eigenvalue weighted by Gasteiger charge is -2.12. The first kappa shape index (κ1) is 19.2. The minimum Gasteiger partial charge on any atom is -0.348 e. The maximum atomic E-state index is 12.1. The zero-order chi connectivity index (χ0) is 19.9. The van der Waals surface area contributed by atoms with Gasteiger partial charge < -0.3 is 10.2 Å². The second-order valence-electron chi connectivity index (χ2n) is 7.56. The lowest BCUT2D eigenvalue weighted by atomic mass is 10.1. The summed E-state index contributed by atoms with van der Waals surface area (Å²) in [4.78, 5) is 13.8. The lowest BCUT2D eigenvalue weighted by Crippen LogP contribution is -3.08. The van der Waals surface area contributed by atoms with E-state index in [2.05, 4.69) is 34.7 Å². The Hall–Kier alpha value is -3.18. The van der Waals surface area contributed by atoms with Crippen LogP contribution in [0, 0.1) is 0 Å². The van der Waals surface area contributed by atoms with Gasteiger partial charge in [-0.05, 0) is 23.8 Å². The monoisotopic (exact) mass is 387 g/mol. The highest BCUT2D eigenvalue weighted by Gasteiger charge is 2.15. The third-order valence-electron chi connectivity index (χ3n) is 5.30. The van der Waals surface area contributed by atoms with Gasteiger partial charge in [-0.15, -0.1) is 0 Å². The van der Waals surface area contributed by atoms with Crippen LogP contribution in [0.5, 0.6) is 0 Å². The van der Waals surface area contributed by atoms with E-state index in [0.29, 0.717) is 6.54 Å². The molecular weight excluding hydrogens is 360 g/mol. The molecule has 0 spiro atoms. The quantitative estimate of drug-likeness (QED) is 0.612. The highest BCUT2D eigenvalue weighted by molar-refractivity contribution is 5.91. The summed E-state index contributed by atoms with van der Waals surface area (Å²) in [5.41, 5.74) is 4.36. The molecule has 2 aromatic carbocycles.